The van der Waals surface area contributed by atoms with E-state index in [1.165, 1.54) is 0 Å². The third-order valence-corrected chi connectivity index (χ3v) is 2.07. The molecule has 2 N–H and O–H groups in total. The van der Waals surface area contributed by atoms with E-state index in [4.69, 9.17) is 5.73 Å². The summed E-state index contributed by atoms with van der Waals surface area (Å²) in [6.45, 7) is 4.49. The van der Waals surface area contributed by atoms with Crippen molar-refractivity contribution in [2.75, 3.05) is 0 Å². The highest BCUT2D eigenvalue weighted by molar-refractivity contribution is 5.35. The van der Waals surface area contributed by atoms with E-state index in [1.807, 2.05) is 24.3 Å². The third kappa shape index (κ3) is 1.19. The van der Waals surface area contributed by atoms with Gasteiger partial charge < -0.3 is 5.73 Å². The summed E-state index contributed by atoms with van der Waals surface area (Å²) < 4.78 is 1.98. The van der Waals surface area contributed by atoms with E-state index in [1.54, 1.807) is 6.20 Å². The second-order valence-electron chi connectivity index (χ2n) is 3.13. The van der Waals surface area contributed by atoms with Gasteiger partial charge in [0.05, 0.1) is 11.9 Å². The molecular formula is C9H12N4. The molecule has 0 aromatic carbocycles. The highest BCUT2D eigenvalue weighted by atomic mass is 15.1. The molecule has 0 spiro atoms. The Morgan fingerprint density at radius 1 is 1.46 bits per heavy atom. The lowest BCUT2D eigenvalue weighted by atomic mass is 10.3. The first-order chi connectivity index (χ1) is 6.22. The van der Waals surface area contributed by atoms with Crippen LogP contribution in [0.25, 0.3) is 5.78 Å². The van der Waals surface area contributed by atoms with E-state index in [0.717, 1.165) is 22.9 Å². The van der Waals surface area contributed by atoms with Gasteiger partial charge in [0, 0.05) is 17.9 Å². The Balaban J connectivity index is 2.82. The van der Waals surface area contributed by atoms with E-state index in [-0.39, 0.29) is 0 Å². The molecule has 2 heterocycles. The van der Waals surface area contributed by atoms with E-state index >= 15 is 0 Å². The monoisotopic (exact) mass is 176 g/mol. The molecule has 0 unspecified atom stereocenters. The molecule has 13 heavy (non-hydrogen) atoms. The van der Waals surface area contributed by atoms with Crippen LogP contribution in [0.4, 0.5) is 0 Å². The molecule has 0 amide bonds. The molecule has 0 bridgehead atoms. The maximum absolute atomic E-state index is 5.58. The van der Waals surface area contributed by atoms with Crippen molar-refractivity contribution in [1.29, 1.82) is 0 Å². The van der Waals surface area contributed by atoms with Gasteiger partial charge in [0.25, 0.3) is 0 Å². The van der Waals surface area contributed by atoms with Crippen molar-refractivity contribution >= 4 is 5.78 Å². The van der Waals surface area contributed by atoms with Crippen molar-refractivity contribution in [2.24, 2.45) is 5.73 Å². The van der Waals surface area contributed by atoms with Gasteiger partial charge >= 0.3 is 0 Å². The van der Waals surface area contributed by atoms with Gasteiger partial charge in [0.15, 0.2) is 0 Å². The van der Waals surface area contributed by atoms with Crippen LogP contribution in [0.2, 0.25) is 0 Å². The molecule has 0 saturated heterocycles. The largest absolute Gasteiger partial charge is 0.325 e. The summed E-state index contributed by atoms with van der Waals surface area (Å²) in [6.07, 6.45) is 1.77. The first-order valence-electron chi connectivity index (χ1n) is 4.23. The van der Waals surface area contributed by atoms with Crippen LogP contribution < -0.4 is 5.73 Å². The topological polar surface area (TPSA) is 56.2 Å². The summed E-state index contributed by atoms with van der Waals surface area (Å²) in [5.74, 6) is 0.734. The number of rotatable bonds is 1. The third-order valence-electron chi connectivity index (χ3n) is 2.07. The predicted octanol–water partition coefficient (Wildman–Crippen LogP) is 0.805. The van der Waals surface area contributed by atoms with Crippen LogP contribution in [0.1, 0.15) is 17.1 Å². The summed E-state index contributed by atoms with van der Waals surface area (Å²) in [7, 11) is 0. The quantitative estimate of drug-likeness (QED) is 0.699. The summed E-state index contributed by atoms with van der Waals surface area (Å²) in [5.41, 5.74) is 8.69. The first-order valence-corrected chi connectivity index (χ1v) is 4.23. The fraction of sp³-hybridized carbons (Fsp3) is 0.333. The minimum absolute atomic E-state index is 0.493. The van der Waals surface area contributed by atoms with Crippen molar-refractivity contribution in [1.82, 2.24) is 14.4 Å². The molecule has 2 rings (SSSR count). The number of nitrogens with zero attached hydrogens (tertiary/aromatic N) is 3. The molecule has 0 fully saturated rings. The zero-order valence-corrected chi connectivity index (χ0v) is 7.78. The Bertz CT molecular complexity index is 444. The molecule has 0 aliphatic carbocycles. The Morgan fingerprint density at radius 2 is 2.23 bits per heavy atom. The number of nitrogens with two attached hydrogens (primary N) is 1. The summed E-state index contributed by atoms with van der Waals surface area (Å²) in [5, 5.41) is 0. The van der Waals surface area contributed by atoms with Crippen molar-refractivity contribution in [3.63, 3.8) is 0 Å². The summed E-state index contributed by atoms with van der Waals surface area (Å²) in [6, 6.07) is 2.02. The minimum Gasteiger partial charge on any atom is -0.325 e. The van der Waals surface area contributed by atoms with Crippen LogP contribution in [-0.2, 0) is 6.54 Å². The van der Waals surface area contributed by atoms with Gasteiger partial charge in [-0.05, 0) is 19.9 Å². The van der Waals surface area contributed by atoms with Gasteiger partial charge in [-0.2, -0.15) is 0 Å². The van der Waals surface area contributed by atoms with E-state index < -0.39 is 0 Å². The van der Waals surface area contributed by atoms with Gasteiger partial charge in [-0.3, -0.25) is 4.40 Å². The SMILES string of the molecule is Cc1cc(C)n2c(CN)cnc2n1. The Hall–Kier alpha value is -1.42. The summed E-state index contributed by atoms with van der Waals surface area (Å²) in [4.78, 5) is 8.48. The first kappa shape index (κ1) is 8.19. The van der Waals surface area contributed by atoms with Crippen LogP contribution in [0.3, 0.4) is 0 Å². The molecule has 0 aliphatic heterocycles. The second-order valence-corrected chi connectivity index (χ2v) is 3.13. The maximum atomic E-state index is 5.58. The van der Waals surface area contributed by atoms with Gasteiger partial charge in [0.1, 0.15) is 0 Å². The van der Waals surface area contributed by atoms with Crippen LogP contribution in [0, 0.1) is 13.8 Å². The molecule has 2 aromatic heterocycles. The lowest BCUT2D eigenvalue weighted by Gasteiger charge is -2.03. The highest BCUT2D eigenvalue weighted by Gasteiger charge is 2.05. The molecule has 0 aliphatic rings. The number of hydrogen-bond acceptors (Lipinski definition) is 3. The average Bonchev–Trinajstić information content (AvgIpc) is 2.47. The van der Waals surface area contributed by atoms with Crippen molar-refractivity contribution in [2.45, 2.75) is 20.4 Å². The molecular weight excluding hydrogens is 164 g/mol. The van der Waals surface area contributed by atoms with Crippen LogP contribution >= 0.6 is 0 Å². The number of aryl methyl sites for hydroxylation is 2. The number of fused-ring (bicyclic) bond motifs is 1. The van der Waals surface area contributed by atoms with Crippen molar-refractivity contribution < 1.29 is 0 Å². The van der Waals surface area contributed by atoms with Gasteiger partial charge in [0.2, 0.25) is 5.78 Å². The predicted molar refractivity (Wildman–Crippen MR) is 50.4 cm³/mol. The molecule has 0 radical (unpaired) electrons. The van der Waals surface area contributed by atoms with Crippen LogP contribution in [0.5, 0.6) is 0 Å². The zero-order chi connectivity index (χ0) is 9.42. The fourth-order valence-electron chi connectivity index (χ4n) is 1.54. The van der Waals surface area contributed by atoms with E-state index in [0.29, 0.717) is 6.54 Å². The van der Waals surface area contributed by atoms with Gasteiger partial charge in [-0.15, -0.1) is 0 Å². The van der Waals surface area contributed by atoms with Gasteiger partial charge in [-0.1, -0.05) is 0 Å². The number of imidazole rings is 1. The van der Waals surface area contributed by atoms with E-state index in [9.17, 15) is 0 Å². The van der Waals surface area contributed by atoms with Crippen molar-refractivity contribution in [3.05, 3.63) is 29.3 Å². The molecule has 2 aromatic rings. The Morgan fingerprint density at radius 3 is 2.92 bits per heavy atom. The van der Waals surface area contributed by atoms with Gasteiger partial charge in [-0.25, -0.2) is 9.97 Å². The van der Waals surface area contributed by atoms with Crippen LogP contribution in [-0.4, -0.2) is 14.4 Å². The lowest BCUT2D eigenvalue weighted by molar-refractivity contribution is 0.911. The minimum atomic E-state index is 0.493. The maximum Gasteiger partial charge on any atom is 0.234 e. The Kier molecular flexibility index (Phi) is 1.77. The van der Waals surface area contributed by atoms with Crippen molar-refractivity contribution in [3.8, 4) is 0 Å². The standard InChI is InChI=1S/C9H12N4/c1-6-3-7(2)13-8(4-10)5-11-9(13)12-6/h3,5H,4,10H2,1-2H3. The lowest BCUT2D eigenvalue weighted by Crippen LogP contribution is -2.04. The zero-order valence-electron chi connectivity index (χ0n) is 7.78. The average molecular weight is 176 g/mol. The number of aromatic nitrogens is 3. The number of hydrogen-bond donors (Lipinski definition) is 1. The molecule has 0 saturated carbocycles. The fourth-order valence-corrected chi connectivity index (χ4v) is 1.54. The highest BCUT2D eigenvalue weighted by Crippen LogP contribution is 2.09. The Labute approximate surface area is 76.4 Å². The normalized spacial score (nSPS) is 11.0. The molecule has 68 valence electrons. The smallest absolute Gasteiger partial charge is 0.234 e. The molecule has 4 heteroatoms. The van der Waals surface area contributed by atoms with Crippen LogP contribution in [0.15, 0.2) is 12.3 Å². The second kappa shape index (κ2) is 2.81. The van der Waals surface area contributed by atoms with E-state index in [2.05, 4.69) is 9.97 Å². The molecule has 4 nitrogen and oxygen atoms in total. The summed E-state index contributed by atoms with van der Waals surface area (Å²) >= 11 is 0. The molecule has 0 atom stereocenters.